The van der Waals surface area contributed by atoms with Crippen molar-refractivity contribution in [2.24, 2.45) is 0 Å². The number of fused-ring (bicyclic) bond motifs is 1. The van der Waals surface area contributed by atoms with Gasteiger partial charge in [0, 0.05) is 9.86 Å². The minimum absolute atomic E-state index is 0.139. The van der Waals surface area contributed by atoms with Gasteiger partial charge in [-0.15, -0.1) is 0 Å². The monoisotopic (exact) mass is 353 g/mol. The van der Waals surface area contributed by atoms with Crippen LogP contribution in [0.4, 0.5) is 4.79 Å². The zero-order valence-electron chi connectivity index (χ0n) is 12.3. The molecule has 0 amide bonds. The lowest BCUT2D eigenvalue weighted by atomic mass is 10.2. The highest BCUT2D eigenvalue weighted by molar-refractivity contribution is 9.10. The molecule has 0 N–H and O–H groups in total. The molecule has 0 aliphatic rings. The summed E-state index contributed by atoms with van der Waals surface area (Å²) >= 11 is 3.36. The molecule has 0 aliphatic heterocycles. The molecule has 0 atom stereocenters. The Kier molecular flexibility index (Phi) is 4.09. The van der Waals surface area contributed by atoms with E-state index in [0.29, 0.717) is 5.52 Å². The second kappa shape index (κ2) is 5.52. The second-order valence-electron chi connectivity index (χ2n) is 5.54. The number of carbonyl (C=O) groups is 2. The van der Waals surface area contributed by atoms with E-state index in [0.717, 1.165) is 9.86 Å². The molecule has 0 unspecified atom stereocenters. The Morgan fingerprint density at radius 3 is 2.43 bits per heavy atom. The first-order valence-electron chi connectivity index (χ1n) is 6.35. The van der Waals surface area contributed by atoms with Crippen molar-refractivity contribution in [1.29, 1.82) is 0 Å². The molecule has 6 heteroatoms. The average molecular weight is 354 g/mol. The maximum absolute atomic E-state index is 12.4. The predicted octanol–water partition coefficient (Wildman–Crippen LogP) is 3.97. The van der Waals surface area contributed by atoms with Crippen molar-refractivity contribution in [3.05, 3.63) is 34.4 Å². The molecular formula is C15H16BrNO4. The fraction of sp³-hybridized carbons (Fsp3) is 0.333. The molecule has 2 rings (SSSR count). The SMILES string of the molecule is COC(=O)c1cc2cc(Br)ccc2n1C(=O)OC(C)(C)C. The molecule has 0 saturated carbocycles. The van der Waals surface area contributed by atoms with Crippen molar-refractivity contribution in [2.45, 2.75) is 26.4 Å². The fourth-order valence-corrected chi connectivity index (χ4v) is 2.32. The Hall–Kier alpha value is -1.82. The van der Waals surface area contributed by atoms with E-state index in [9.17, 15) is 9.59 Å². The van der Waals surface area contributed by atoms with Crippen LogP contribution >= 0.6 is 15.9 Å². The highest BCUT2D eigenvalue weighted by Crippen LogP contribution is 2.25. The van der Waals surface area contributed by atoms with Gasteiger partial charge in [-0.2, -0.15) is 0 Å². The van der Waals surface area contributed by atoms with Crippen LogP contribution in [-0.2, 0) is 9.47 Å². The van der Waals surface area contributed by atoms with Crippen LogP contribution in [-0.4, -0.2) is 29.3 Å². The average Bonchev–Trinajstić information content (AvgIpc) is 2.74. The first-order chi connectivity index (χ1) is 9.73. The Morgan fingerprint density at radius 2 is 1.86 bits per heavy atom. The molecule has 2 aromatic rings. The summed E-state index contributed by atoms with van der Waals surface area (Å²) in [5, 5.41) is 0.746. The van der Waals surface area contributed by atoms with E-state index in [4.69, 9.17) is 9.47 Å². The first-order valence-corrected chi connectivity index (χ1v) is 7.15. The lowest BCUT2D eigenvalue weighted by molar-refractivity contribution is 0.0490. The van der Waals surface area contributed by atoms with E-state index >= 15 is 0 Å². The zero-order chi connectivity index (χ0) is 15.8. The molecule has 1 heterocycles. The van der Waals surface area contributed by atoms with Gasteiger partial charge in [-0.05, 0) is 45.0 Å². The van der Waals surface area contributed by atoms with Gasteiger partial charge >= 0.3 is 12.1 Å². The van der Waals surface area contributed by atoms with Gasteiger partial charge in [0.15, 0.2) is 0 Å². The van der Waals surface area contributed by atoms with Crippen LogP contribution in [0.5, 0.6) is 0 Å². The normalized spacial score (nSPS) is 11.5. The predicted molar refractivity (Wildman–Crippen MR) is 82.6 cm³/mol. The molecule has 21 heavy (non-hydrogen) atoms. The molecular weight excluding hydrogens is 338 g/mol. The highest BCUT2D eigenvalue weighted by atomic mass is 79.9. The summed E-state index contributed by atoms with van der Waals surface area (Å²) < 4.78 is 12.2. The summed E-state index contributed by atoms with van der Waals surface area (Å²) in [5.41, 5.74) is 0.0730. The molecule has 0 spiro atoms. The third kappa shape index (κ3) is 3.26. The largest absolute Gasteiger partial charge is 0.464 e. The van der Waals surface area contributed by atoms with Crippen molar-refractivity contribution < 1.29 is 19.1 Å². The first kappa shape index (κ1) is 15.6. The summed E-state index contributed by atoms with van der Waals surface area (Å²) in [7, 11) is 1.27. The number of halogens is 1. The number of hydrogen-bond acceptors (Lipinski definition) is 4. The number of ether oxygens (including phenoxy) is 2. The number of rotatable bonds is 1. The zero-order valence-corrected chi connectivity index (χ0v) is 13.9. The van der Waals surface area contributed by atoms with E-state index in [1.54, 1.807) is 39.0 Å². The van der Waals surface area contributed by atoms with Gasteiger partial charge in [0.1, 0.15) is 11.3 Å². The second-order valence-corrected chi connectivity index (χ2v) is 6.46. The minimum Gasteiger partial charge on any atom is -0.464 e. The number of carbonyl (C=O) groups excluding carboxylic acids is 2. The van der Waals surface area contributed by atoms with E-state index in [-0.39, 0.29) is 5.69 Å². The summed E-state index contributed by atoms with van der Waals surface area (Å²) in [6.45, 7) is 5.31. The smallest absolute Gasteiger partial charge is 0.419 e. The summed E-state index contributed by atoms with van der Waals surface area (Å²) in [6, 6.07) is 6.97. The van der Waals surface area contributed by atoms with Gasteiger partial charge in [-0.3, -0.25) is 0 Å². The topological polar surface area (TPSA) is 57.5 Å². The number of esters is 1. The van der Waals surface area contributed by atoms with Crippen LogP contribution in [0.15, 0.2) is 28.7 Å². The lowest BCUT2D eigenvalue weighted by Crippen LogP contribution is -2.29. The summed E-state index contributed by atoms with van der Waals surface area (Å²) in [4.78, 5) is 24.3. The van der Waals surface area contributed by atoms with E-state index in [1.165, 1.54) is 11.7 Å². The number of methoxy groups -OCH3 is 1. The van der Waals surface area contributed by atoms with E-state index in [2.05, 4.69) is 15.9 Å². The molecule has 0 fully saturated rings. The van der Waals surface area contributed by atoms with Gasteiger partial charge in [0.05, 0.1) is 12.6 Å². The third-order valence-corrected chi connectivity index (χ3v) is 3.23. The Bertz CT molecular complexity index is 712. The van der Waals surface area contributed by atoms with E-state index in [1.807, 2.05) is 6.07 Å². The van der Waals surface area contributed by atoms with Crippen LogP contribution in [0.3, 0.4) is 0 Å². The molecule has 112 valence electrons. The number of benzene rings is 1. The summed E-state index contributed by atoms with van der Waals surface area (Å²) in [6.07, 6.45) is -0.611. The lowest BCUT2D eigenvalue weighted by Gasteiger charge is -2.20. The quantitative estimate of drug-likeness (QED) is 0.727. The van der Waals surface area contributed by atoms with Crippen LogP contribution in [0.2, 0.25) is 0 Å². The number of aromatic nitrogens is 1. The van der Waals surface area contributed by atoms with Gasteiger partial charge in [0.2, 0.25) is 0 Å². The van der Waals surface area contributed by atoms with E-state index < -0.39 is 17.7 Å². The molecule has 5 nitrogen and oxygen atoms in total. The Balaban J connectivity index is 2.63. The van der Waals surface area contributed by atoms with Crippen molar-refractivity contribution in [1.82, 2.24) is 4.57 Å². The molecule has 1 aromatic carbocycles. The maximum atomic E-state index is 12.4. The highest BCUT2D eigenvalue weighted by Gasteiger charge is 2.25. The van der Waals surface area contributed by atoms with Crippen LogP contribution < -0.4 is 0 Å². The standard InChI is InChI=1S/C15H16BrNO4/c1-15(2,3)21-14(19)17-11-6-5-10(16)7-9(11)8-12(17)13(18)20-4/h5-8H,1-4H3. The minimum atomic E-state index is -0.656. The molecule has 0 bridgehead atoms. The van der Waals surface area contributed by atoms with Crippen LogP contribution in [0.25, 0.3) is 10.9 Å². The maximum Gasteiger partial charge on any atom is 0.419 e. The summed E-state index contributed by atoms with van der Waals surface area (Å²) in [5.74, 6) is -0.590. The van der Waals surface area contributed by atoms with Crippen molar-refractivity contribution in [2.75, 3.05) is 7.11 Å². The molecule has 0 saturated heterocycles. The third-order valence-electron chi connectivity index (χ3n) is 2.73. The number of nitrogens with zero attached hydrogens (tertiary/aromatic N) is 1. The van der Waals surface area contributed by atoms with Crippen molar-refractivity contribution in [3.63, 3.8) is 0 Å². The van der Waals surface area contributed by atoms with Crippen LogP contribution in [0, 0.1) is 0 Å². The fourth-order valence-electron chi connectivity index (χ4n) is 1.95. The Labute approximate surface area is 131 Å². The molecule has 0 aliphatic carbocycles. The van der Waals surface area contributed by atoms with Crippen molar-refractivity contribution >= 4 is 38.9 Å². The van der Waals surface area contributed by atoms with Gasteiger partial charge in [-0.25, -0.2) is 14.2 Å². The molecule has 1 aromatic heterocycles. The van der Waals surface area contributed by atoms with Crippen LogP contribution in [0.1, 0.15) is 31.3 Å². The van der Waals surface area contributed by atoms with Gasteiger partial charge < -0.3 is 9.47 Å². The van der Waals surface area contributed by atoms with Crippen molar-refractivity contribution in [3.8, 4) is 0 Å². The van der Waals surface area contributed by atoms with Gasteiger partial charge in [0.25, 0.3) is 0 Å². The van der Waals surface area contributed by atoms with Gasteiger partial charge in [-0.1, -0.05) is 15.9 Å². The molecule has 0 radical (unpaired) electrons. The Morgan fingerprint density at radius 1 is 1.19 bits per heavy atom. The number of hydrogen-bond donors (Lipinski definition) is 0.